The molecule has 3 fully saturated rings. The number of benzene rings is 2. The van der Waals surface area contributed by atoms with Gasteiger partial charge in [-0.05, 0) is 55.0 Å². The van der Waals surface area contributed by atoms with Gasteiger partial charge in [-0.2, -0.15) is 0 Å². The summed E-state index contributed by atoms with van der Waals surface area (Å²) in [6.45, 7) is 6.65. The molecule has 3 heterocycles. The summed E-state index contributed by atoms with van der Waals surface area (Å²) >= 11 is 0. The van der Waals surface area contributed by atoms with E-state index in [1.165, 1.54) is 16.7 Å². The Morgan fingerprint density at radius 3 is 2.39 bits per heavy atom. The molecule has 2 unspecified atom stereocenters. The Labute approximate surface area is 197 Å². The molecule has 2 aromatic carbocycles. The van der Waals surface area contributed by atoms with Gasteiger partial charge in [-0.15, -0.1) is 0 Å². The van der Waals surface area contributed by atoms with E-state index in [9.17, 15) is 4.79 Å². The van der Waals surface area contributed by atoms with E-state index in [2.05, 4.69) is 69.7 Å². The van der Waals surface area contributed by atoms with Crippen LogP contribution in [0.15, 0.2) is 54.6 Å². The zero-order valence-electron chi connectivity index (χ0n) is 19.4. The number of nitrogens with zero attached hydrogens (tertiary/aromatic N) is 2. The Bertz CT molecular complexity index is 927. The molecule has 33 heavy (non-hydrogen) atoms. The summed E-state index contributed by atoms with van der Waals surface area (Å²) in [6.07, 6.45) is 3.14. The first kappa shape index (κ1) is 22.4. The highest BCUT2D eigenvalue weighted by atomic mass is 16.5. The molecule has 5 rings (SSSR count). The third-order valence-corrected chi connectivity index (χ3v) is 8.02. The second-order valence-electron chi connectivity index (χ2n) is 9.74. The molecule has 0 radical (unpaired) electrons. The largest absolute Gasteiger partial charge is 0.381 e. The molecule has 0 bridgehead atoms. The minimum atomic E-state index is -0.287. The van der Waals surface area contributed by atoms with Crippen molar-refractivity contribution in [2.75, 3.05) is 39.4 Å². The highest BCUT2D eigenvalue weighted by Gasteiger charge is 2.53. The van der Waals surface area contributed by atoms with Gasteiger partial charge in [-0.1, -0.05) is 54.6 Å². The Hall–Kier alpha value is -2.41. The van der Waals surface area contributed by atoms with Gasteiger partial charge in [-0.3, -0.25) is 4.90 Å². The van der Waals surface area contributed by atoms with Crippen molar-refractivity contribution in [2.24, 2.45) is 17.6 Å². The molecule has 2 amide bonds. The highest BCUT2D eigenvalue weighted by molar-refractivity contribution is 5.77. The van der Waals surface area contributed by atoms with E-state index < -0.39 is 0 Å². The van der Waals surface area contributed by atoms with Crippen LogP contribution >= 0.6 is 0 Å². The third kappa shape index (κ3) is 4.39. The maximum atomic E-state index is 12.9. The fraction of sp³-hybridized carbons (Fsp3) is 0.519. The van der Waals surface area contributed by atoms with Crippen molar-refractivity contribution < 1.29 is 9.53 Å². The van der Waals surface area contributed by atoms with Crippen LogP contribution in [0.1, 0.15) is 36.0 Å². The lowest BCUT2D eigenvalue weighted by atomic mass is 9.66. The lowest BCUT2D eigenvalue weighted by Crippen LogP contribution is -2.59. The molecular weight excluding hydrogens is 412 g/mol. The van der Waals surface area contributed by atoms with Gasteiger partial charge >= 0.3 is 6.03 Å². The van der Waals surface area contributed by atoms with E-state index >= 15 is 0 Å². The second-order valence-corrected chi connectivity index (χ2v) is 9.74. The van der Waals surface area contributed by atoms with Gasteiger partial charge in [0.05, 0.1) is 12.1 Å². The number of hydrogen-bond acceptors (Lipinski definition) is 4. The number of nitrogens with one attached hydrogen (secondary N) is 1. The zero-order valence-corrected chi connectivity index (χ0v) is 19.4. The molecule has 2 atom stereocenters. The van der Waals surface area contributed by atoms with E-state index in [0.717, 1.165) is 58.6 Å². The Balaban J connectivity index is 1.34. The molecule has 3 saturated heterocycles. The van der Waals surface area contributed by atoms with Crippen LogP contribution in [0.4, 0.5) is 4.79 Å². The molecule has 0 aliphatic carbocycles. The Morgan fingerprint density at radius 2 is 1.73 bits per heavy atom. The number of piperidine rings is 1. The zero-order chi connectivity index (χ0) is 22.7. The molecule has 3 aliphatic heterocycles. The van der Waals surface area contributed by atoms with Gasteiger partial charge in [0.2, 0.25) is 0 Å². The molecule has 6 nitrogen and oxygen atoms in total. The van der Waals surface area contributed by atoms with Gasteiger partial charge in [-0.25, -0.2) is 4.79 Å². The predicted molar refractivity (Wildman–Crippen MR) is 129 cm³/mol. The summed E-state index contributed by atoms with van der Waals surface area (Å²) in [6, 6.07) is 19.5. The number of nitrogens with two attached hydrogens (primary N) is 1. The van der Waals surface area contributed by atoms with Gasteiger partial charge < -0.3 is 20.7 Å². The Morgan fingerprint density at radius 1 is 1.00 bits per heavy atom. The van der Waals surface area contributed by atoms with Crippen molar-refractivity contribution in [2.45, 2.75) is 37.9 Å². The topological polar surface area (TPSA) is 70.8 Å². The van der Waals surface area contributed by atoms with E-state index in [-0.39, 0.29) is 11.6 Å². The molecule has 3 aliphatic rings. The molecule has 176 valence electrons. The van der Waals surface area contributed by atoms with Crippen molar-refractivity contribution in [3.05, 3.63) is 71.3 Å². The quantitative estimate of drug-likeness (QED) is 0.711. The summed E-state index contributed by atoms with van der Waals surface area (Å²) in [5.41, 5.74) is 9.24. The van der Waals surface area contributed by atoms with Gasteiger partial charge in [0.15, 0.2) is 0 Å². The van der Waals surface area contributed by atoms with Crippen molar-refractivity contribution >= 4 is 6.03 Å². The SMILES string of the molecule is NCc1ccc(CN2CCC(C3COCCC3(c3ccccc3)N3CCNC3=O)CC2)cc1. The third-order valence-electron chi connectivity index (χ3n) is 8.02. The molecule has 0 spiro atoms. The lowest BCUT2D eigenvalue weighted by molar-refractivity contribution is -0.0896. The van der Waals surface area contributed by atoms with Crippen LogP contribution in [0, 0.1) is 11.8 Å². The average Bonchev–Trinajstić information content (AvgIpc) is 3.32. The first-order valence-electron chi connectivity index (χ1n) is 12.4. The molecule has 0 saturated carbocycles. The van der Waals surface area contributed by atoms with E-state index in [1.54, 1.807) is 0 Å². The number of ether oxygens (including phenoxy) is 1. The van der Waals surface area contributed by atoms with Crippen LogP contribution in [0.2, 0.25) is 0 Å². The second kappa shape index (κ2) is 9.84. The number of amides is 2. The monoisotopic (exact) mass is 448 g/mol. The fourth-order valence-electron chi connectivity index (χ4n) is 6.27. The van der Waals surface area contributed by atoms with Gasteiger partial charge in [0, 0.05) is 38.7 Å². The number of carbonyl (C=O) groups excluding carboxylic acids is 1. The van der Waals surface area contributed by atoms with Crippen LogP contribution in [0.3, 0.4) is 0 Å². The van der Waals surface area contributed by atoms with Crippen molar-refractivity contribution in [1.29, 1.82) is 0 Å². The molecule has 0 aromatic heterocycles. The maximum absolute atomic E-state index is 12.9. The number of hydrogen-bond donors (Lipinski definition) is 2. The molecule has 6 heteroatoms. The summed E-state index contributed by atoms with van der Waals surface area (Å²) in [5.74, 6) is 0.846. The van der Waals surface area contributed by atoms with Crippen molar-refractivity contribution in [1.82, 2.24) is 15.1 Å². The molecular formula is C27H36N4O2. The predicted octanol–water partition coefficient (Wildman–Crippen LogP) is 3.31. The van der Waals surface area contributed by atoms with Crippen LogP contribution in [-0.4, -0.2) is 55.2 Å². The van der Waals surface area contributed by atoms with Gasteiger partial charge in [0.25, 0.3) is 0 Å². The number of urea groups is 1. The Kier molecular flexibility index (Phi) is 6.67. The fourth-order valence-corrected chi connectivity index (χ4v) is 6.27. The number of carbonyl (C=O) groups is 1. The lowest BCUT2D eigenvalue weighted by Gasteiger charge is -2.53. The summed E-state index contributed by atoms with van der Waals surface area (Å²) in [4.78, 5) is 17.6. The van der Waals surface area contributed by atoms with Gasteiger partial charge in [0.1, 0.15) is 0 Å². The average molecular weight is 449 g/mol. The minimum Gasteiger partial charge on any atom is -0.381 e. The van der Waals surface area contributed by atoms with E-state index in [0.29, 0.717) is 25.0 Å². The van der Waals surface area contributed by atoms with Crippen LogP contribution in [0.25, 0.3) is 0 Å². The highest BCUT2D eigenvalue weighted by Crippen LogP contribution is 2.48. The number of rotatable bonds is 6. The smallest absolute Gasteiger partial charge is 0.318 e. The first-order chi connectivity index (χ1) is 16.2. The number of likely N-dealkylation sites (tertiary alicyclic amines) is 1. The summed E-state index contributed by atoms with van der Waals surface area (Å²) in [7, 11) is 0. The van der Waals surface area contributed by atoms with Crippen LogP contribution in [-0.2, 0) is 23.4 Å². The van der Waals surface area contributed by atoms with Crippen molar-refractivity contribution in [3.63, 3.8) is 0 Å². The van der Waals surface area contributed by atoms with E-state index in [1.807, 2.05) is 0 Å². The summed E-state index contributed by atoms with van der Waals surface area (Å²) in [5, 5.41) is 3.06. The maximum Gasteiger partial charge on any atom is 0.318 e. The molecule has 2 aromatic rings. The standard InChI is InChI=1S/C27H36N4O2/c28-18-21-6-8-22(9-7-21)19-30-14-10-23(11-15-30)25-20-33-17-12-27(25,24-4-2-1-3-5-24)31-16-13-29-26(31)32/h1-9,23,25H,10-20,28H2,(H,29,32). The van der Waals surface area contributed by atoms with E-state index in [4.69, 9.17) is 10.5 Å². The normalized spacial score (nSPS) is 27.0. The van der Waals surface area contributed by atoms with Crippen molar-refractivity contribution in [3.8, 4) is 0 Å². The summed E-state index contributed by atoms with van der Waals surface area (Å²) < 4.78 is 6.07. The first-order valence-corrected chi connectivity index (χ1v) is 12.4. The minimum absolute atomic E-state index is 0.0733. The van der Waals surface area contributed by atoms with Crippen LogP contribution < -0.4 is 11.1 Å². The van der Waals surface area contributed by atoms with Crippen LogP contribution in [0.5, 0.6) is 0 Å². The molecule has 3 N–H and O–H groups in total.